The first-order valence-electron chi connectivity index (χ1n) is 7.99. The van der Waals surface area contributed by atoms with Crippen LogP contribution >= 0.6 is 11.3 Å². The molecular formula is C17H22N2O3S. The fourth-order valence-electron chi connectivity index (χ4n) is 3.32. The van der Waals surface area contributed by atoms with Crippen LogP contribution in [0.5, 0.6) is 0 Å². The maximum Gasteiger partial charge on any atom is 0.305 e. The van der Waals surface area contributed by atoms with E-state index in [4.69, 9.17) is 5.11 Å². The predicted octanol–water partition coefficient (Wildman–Crippen LogP) is 3.08. The van der Waals surface area contributed by atoms with Crippen LogP contribution in [0.3, 0.4) is 0 Å². The Morgan fingerprint density at radius 3 is 2.87 bits per heavy atom. The average Bonchev–Trinajstić information content (AvgIpc) is 2.83. The molecule has 3 rings (SSSR count). The zero-order chi connectivity index (χ0) is 16.8. The SMILES string of the molecule is CC(C)(C)[C@H]1CCc2c(sc3ncn(CCC(=O)O)c(=O)c23)C1. The van der Waals surface area contributed by atoms with E-state index in [2.05, 4.69) is 25.8 Å². The van der Waals surface area contributed by atoms with Gasteiger partial charge in [-0.1, -0.05) is 20.8 Å². The summed E-state index contributed by atoms with van der Waals surface area (Å²) in [6, 6.07) is 0. The van der Waals surface area contributed by atoms with E-state index >= 15 is 0 Å². The van der Waals surface area contributed by atoms with Crippen molar-refractivity contribution in [3.05, 3.63) is 27.1 Å². The van der Waals surface area contributed by atoms with Crippen molar-refractivity contribution in [3.63, 3.8) is 0 Å². The van der Waals surface area contributed by atoms with Gasteiger partial charge in [-0.15, -0.1) is 11.3 Å². The van der Waals surface area contributed by atoms with Gasteiger partial charge in [-0.05, 0) is 36.2 Å². The van der Waals surface area contributed by atoms with Gasteiger partial charge < -0.3 is 5.11 Å². The molecule has 0 saturated heterocycles. The third kappa shape index (κ3) is 3.04. The topological polar surface area (TPSA) is 72.2 Å². The third-order valence-corrected chi connectivity index (χ3v) is 5.99. The number of aromatic nitrogens is 2. The lowest BCUT2D eigenvalue weighted by Crippen LogP contribution is -2.27. The number of thiophene rings is 1. The van der Waals surface area contributed by atoms with Crippen molar-refractivity contribution in [2.75, 3.05) is 0 Å². The molecule has 5 nitrogen and oxygen atoms in total. The fourth-order valence-corrected chi connectivity index (χ4v) is 4.57. The first kappa shape index (κ1) is 16.2. The van der Waals surface area contributed by atoms with Crippen LogP contribution in [0.1, 0.15) is 44.1 Å². The van der Waals surface area contributed by atoms with Gasteiger partial charge in [-0.3, -0.25) is 14.2 Å². The Labute approximate surface area is 139 Å². The Morgan fingerprint density at radius 1 is 1.48 bits per heavy atom. The highest BCUT2D eigenvalue weighted by Crippen LogP contribution is 2.41. The molecule has 0 bridgehead atoms. The number of aryl methyl sites for hydroxylation is 2. The molecule has 2 aromatic heterocycles. The summed E-state index contributed by atoms with van der Waals surface area (Å²) in [5.74, 6) is -0.283. The molecule has 0 aromatic carbocycles. The van der Waals surface area contributed by atoms with E-state index in [-0.39, 0.29) is 23.9 Å². The maximum absolute atomic E-state index is 12.7. The standard InChI is InChI=1S/C17H22N2O3S/c1-17(2,3)10-4-5-11-12(8-10)23-15-14(11)16(22)19(9-18-15)7-6-13(20)21/h9-10H,4-8H2,1-3H3,(H,20,21)/t10-/m0/s1. The molecule has 1 aliphatic rings. The van der Waals surface area contributed by atoms with Crippen molar-refractivity contribution in [1.82, 2.24) is 9.55 Å². The second kappa shape index (κ2) is 5.74. The molecule has 0 unspecified atom stereocenters. The lowest BCUT2D eigenvalue weighted by atomic mass is 9.72. The van der Waals surface area contributed by atoms with Crippen LogP contribution in [-0.2, 0) is 24.2 Å². The van der Waals surface area contributed by atoms with Crippen LogP contribution in [-0.4, -0.2) is 20.6 Å². The number of carboxylic acid groups (broad SMARTS) is 1. The van der Waals surface area contributed by atoms with E-state index < -0.39 is 5.97 Å². The summed E-state index contributed by atoms with van der Waals surface area (Å²) in [6.45, 7) is 6.99. The number of carbonyl (C=O) groups is 1. The lowest BCUT2D eigenvalue weighted by Gasteiger charge is -2.33. The largest absolute Gasteiger partial charge is 0.481 e. The van der Waals surface area contributed by atoms with Gasteiger partial charge in [-0.25, -0.2) is 4.98 Å². The molecule has 1 N–H and O–H groups in total. The average molecular weight is 334 g/mol. The van der Waals surface area contributed by atoms with Gasteiger partial charge in [0.15, 0.2) is 0 Å². The predicted molar refractivity (Wildman–Crippen MR) is 91.1 cm³/mol. The Kier molecular flexibility index (Phi) is 4.04. The first-order valence-corrected chi connectivity index (χ1v) is 8.80. The summed E-state index contributed by atoms with van der Waals surface area (Å²) in [5, 5.41) is 9.52. The van der Waals surface area contributed by atoms with Gasteiger partial charge >= 0.3 is 5.97 Å². The quantitative estimate of drug-likeness (QED) is 0.936. The molecule has 1 aliphatic carbocycles. The van der Waals surface area contributed by atoms with Crippen LogP contribution in [0, 0.1) is 11.3 Å². The number of carboxylic acids is 1. The Morgan fingerprint density at radius 2 is 2.22 bits per heavy atom. The minimum absolute atomic E-state index is 0.0640. The van der Waals surface area contributed by atoms with Crippen molar-refractivity contribution in [2.24, 2.45) is 11.3 Å². The van der Waals surface area contributed by atoms with E-state index in [0.717, 1.165) is 29.7 Å². The van der Waals surface area contributed by atoms with Gasteiger partial charge in [0.05, 0.1) is 18.1 Å². The summed E-state index contributed by atoms with van der Waals surface area (Å²) in [5.41, 5.74) is 1.32. The summed E-state index contributed by atoms with van der Waals surface area (Å²) in [6.07, 6.45) is 4.43. The van der Waals surface area contributed by atoms with Crippen LogP contribution in [0.25, 0.3) is 10.2 Å². The molecule has 6 heteroatoms. The number of aliphatic carboxylic acids is 1. The number of fused-ring (bicyclic) bond motifs is 3. The number of hydrogen-bond acceptors (Lipinski definition) is 4. The van der Waals surface area contributed by atoms with Crippen LogP contribution < -0.4 is 5.56 Å². The van der Waals surface area contributed by atoms with Crippen molar-refractivity contribution in [3.8, 4) is 0 Å². The minimum Gasteiger partial charge on any atom is -0.481 e. The summed E-state index contributed by atoms with van der Waals surface area (Å²) in [4.78, 5) is 29.9. The Hall–Kier alpha value is -1.69. The molecular weight excluding hydrogens is 312 g/mol. The van der Waals surface area contributed by atoms with Gasteiger partial charge in [0.1, 0.15) is 4.83 Å². The third-order valence-electron chi connectivity index (χ3n) is 4.83. The molecule has 2 aromatic rings. The second-order valence-corrected chi connectivity index (χ2v) is 8.46. The first-order chi connectivity index (χ1) is 10.8. The molecule has 23 heavy (non-hydrogen) atoms. The van der Waals surface area contributed by atoms with E-state index in [9.17, 15) is 9.59 Å². The van der Waals surface area contributed by atoms with Gasteiger partial charge in [0.25, 0.3) is 5.56 Å². The van der Waals surface area contributed by atoms with Gasteiger partial charge in [-0.2, -0.15) is 0 Å². The lowest BCUT2D eigenvalue weighted by molar-refractivity contribution is -0.137. The van der Waals surface area contributed by atoms with Crippen molar-refractivity contribution < 1.29 is 9.90 Å². The number of rotatable bonds is 3. The van der Waals surface area contributed by atoms with E-state index in [1.807, 2.05) is 0 Å². The van der Waals surface area contributed by atoms with Crippen molar-refractivity contribution in [1.29, 1.82) is 0 Å². The number of hydrogen-bond donors (Lipinski definition) is 1. The molecule has 0 saturated carbocycles. The zero-order valence-corrected chi connectivity index (χ0v) is 14.6. The highest BCUT2D eigenvalue weighted by atomic mass is 32.1. The van der Waals surface area contributed by atoms with Crippen LogP contribution in [0.15, 0.2) is 11.1 Å². The zero-order valence-electron chi connectivity index (χ0n) is 13.8. The van der Waals surface area contributed by atoms with E-state index in [1.54, 1.807) is 11.3 Å². The molecule has 1 atom stereocenters. The Balaban J connectivity index is 2.01. The maximum atomic E-state index is 12.7. The smallest absolute Gasteiger partial charge is 0.305 e. The number of nitrogens with zero attached hydrogens (tertiary/aromatic N) is 2. The summed E-state index contributed by atoms with van der Waals surface area (Å²) < 4.78 is 1.43. The normalized spacial score (nSPS) is 18.1. The summed E-state index contributed by atoms with van der Waals surface area (Å²) >= 11 is 1.63. The van der Waals surface area contributed by atoms with Gasteiger partial charge in [0.2, 0.25) is 0 Å². The molecule has 0 spiro atoms. The molecule has 0 radical (unpaired) electrons. The molecule has 2 heterocycles. The van der Waals surface area contributed by atoms with Gasteiger partial charge in [0, 0.05) is 11.4 Å². The minimum atomic E-state index is -0.905. The highest BCUT2D eigenvalue weighted by Gasteiger charge is 2.31. The Bertz CT molecular complexity index is 814. The fraction of sp³-hybridized carbons (Fsp3) is 0.588. The monoisotopic (exact) mass is 334 g/mol. The van der Waals surface area contributed by atoms with Crippen LogP contribution in [0.4, 0.5) is 0 Å². The second-order valence-electron chi connectivity index (χ2n) is 7.38. The molecule has 0 fully saturated rings. The molecule has 124 valence electrons. The van der Waals surface area contributed by atoms with Crippen molar-refractivity contribution >= 4 is 27.5 Å². The van der Waals surface area contributed by atoms with Crippen molar-refractivity contribution in [2.45, 2.75) is 53.0 Å². The molecule has 0 aliphatic heterocycles. The molecule has 0 amide bonds. The van der Waals surface area contributed by atoms with E-state index in [0.29, 0.717) is 11.3 Å². The van der Waals surface area contributed by atoms with Crippen LogP contribution in [0.2, 0.25) is 0 Å². The summed E-state index contributed by atoms with van der Waals surface area (Å²) in [7, 11) is 0. The highest BCUT2D eigenvalue weighted by molar-refractivity contribution is 7.18. The van der Waals surface area contributed by atoms with E-state index in [1.165, 1.54) is 15.8 Å².